The minimum absolute atomic E-state index is 0.210. The summed E-state index contributed by atoms with van der Waals surface area (Å²) in [5, 5.41) is 0. The summed E-state index contributed by atoms with van der Waals surface area (Å²) in [6.45, 7) is 15.9. The van der Waals surface area contributed by atoms with Crippen LogP contribution in [0.3, 0.4) is 0 Å². The molecule has 0 spiro atoms. The highest BCUT2D eigenvalue weighted by molar-refractivity contribution is 5.98. The predicted molar refractivity (Wildman–Crippen MR) is 172 cm³/mol. The summed E-state index contributed by atoms with van der Waals surface area (Å²) >= 11 is 0. The summed E-state index contributed by atoms with van der Waals surface area (Å²) < 4.78 is 16.2. The third-order valence-corrected chi connectivity index (χ3v) is 8.35. The Morgan fingerprint density at radius 3 is 2.02 bits per heavy atom. The lowest BCUT2D eigenvalue weighted by molar-refractivity contribution is -0.141. The molecule has 3 aliphatic heterocycles. The summed E-state index contributed by atoms with van der Waals surface area (Å²) in [4.78, 5) is 42.5. The van der Waals surface area contributed by atoms with Gasteiger partial charge in [0.1, 0.15) is 0 Å². The van der Waals surface area contributed by atoms with E-state index in [1.54, 1.807) is 12.2 Å². The van der Waals surface area contributed by atoms with Gasteiger partial charge in [0, 0.05) is 40.6 Å². The number of allylic oxidation sites excluding steroid dienone is 8. The molecule has 1 N–H and O–H groups in total. The van der Waals surface area contributed by atoms with Gasteiger partial charge in [0.05, 0.1) is 37.0 Å². The van der Waals surface area contributed by atoms with Crippen LogP contribution < -0.4 is 0 Å². The van der Waals surface area contributed by atoms with Crippen LogP contribution in [-0.4, -0.2) is 46.1 Å². The number of ether oxygens (including phenoxy) is 2. The molecule has 2 aromatic heterocycles. The first kappa shape index (κ1) is 30.4. The van der Waals surface area contributed by atoms with Crippen LogP contribution >= 0.6 is 0 Å². The Bertz CT molecular complexity index is 1900. The van der Waals surface area contributed by atoms with Gasteiger partial charge in [0.2, 0.25) is 11.8 Å². The zero-order chi connectivity index (χ0) is 31.7. The van der Waals surface area contributed by atoms with Crippen LogP contribution in [0.1, 0.15) is 85.7 Å². The first-order chi connectivity index (χ1) is 21.1. The van der Waals surface area contributed by atoms with Crippen molar-refractivity contribution in [2.45, 2.75) is 53.4 Å². The van der Waals surface area contributed by atoms with Crippen LogP contribution in [0.25, 0.3) is 44.5 Å². The molecule has 2 aromatic rings. The van der Waals surface area contributed by atoms with E-state index in [4.69, 9.17) is 28.8 Å². The van der Waals surface area contributed by atoms with Crippen LogP contribution in [0.15, 0.2) is 47.9 Å². The molecule has 44 heavy (non-hydrogen) atoms. The van der Waals surface area contributed by atoms with E-state index in [1.807, 2.05) is 45.9 Å². The topological polar surface area (TPSA) is 120 Å². The molecule has 0 saturated carbocycles. The number of H-pyrrole nitrogens is 1. The van der Waals surface area contributed by atoms with E-state index in [1.165, 1.54) is 14.2 Å². The van der Waals surface area contributed by atoms with Crippen molar-refractivity contribution in [2.24, 2.45) is 0 Å². The molecule has 3 aliphatic rings. The molecule has 0 saturated heterocycles. The molecule has 226 valence electrons. The first-order valence-corrected chi connectivity index (χ1v) is 14.4. The molecule has 8 bridgehead atoms. The van der Waals surface area contributed by atoms with E-state index in [9.17, 15) is 9.59 Å². The number of nitrogens with zero attached hydrogens (tertiary/aromatic N) is 3. The lowest BCUT2D eigenvalue weighted by Crippen LogP contribution is -2.02. The fraction of sp³-hybridized carbons (Fsp3) is 0.286. The van der Waals surface area contributed by atoms with Crippen molar-refractivity contribution < 1.29 is 23.5 Å². The lowest BCUT2D eigenvalue weighted by Gasteiger charge is -2.04. The summed E-state index contributed by atoms with van der Waals surface area (Å²) in [6.07, 6.45) is 4.84. The van der Waals surface area contributed by atoms with Crippen LogP contribution in [0.2, 0.25) is 0 Å². The van der Waals surface area contributed by atoms with E-state index in [0.717, 1.165) is 67.0 Å². The van der Waals surface area contributed by atoms with Crippen molar-refractivity contribution in [3.05, 3.63) is 89.2 Å². The van der Waals surface area contributed by atoms with Crippen molar-refractivity contribution in [1.29, 1.82) is 0 Å². The number of carbonyl (C=O) groups excluding carboxylic acids is 2. The molecule has 0 radical (unpaired) electrons. The molecule has 0 aromatic carbocycles. The van der Waals surface area contributed by atoms with Crippen molar-refractivity contribution in [3.63, 3.8) is 0 Å². The van der Waals surface area contributed by atoms with Gasteiger partial charge in [-0.1, -0.05) is 25.3 Å². The molecule has 5 rings (SSSR count). The molecule has 0 aliphatic carbocycles. The van der Waals surface area contributed by atoms with Crippen LogP contribution in [0, 0.1) is 6.92 Å². The average molecular weight is 593 g/mol. The minimum atomic E-state index is -0.299. The molecule has 0 fully saturated rings. The number of esters is 2. The van der Waals surface area contributed by atoms with E-state index < -0.39 is 0 Å². The lowest BCUT2D eigenvalue weighted by atomic mass is 10.00. The van der Waals surface area contributed by atoms with Crippen molar-refractivity contribution in [2.75, 3.05) is 14.2 Å². The van der Waals surface area contributed by atoms with Crippen molar-refractivity contribution in [1.82, 2.24) is 19.9 Å². The standard InChI is InChI=1S/C35H36N4O5/c1-9-22-21(6)34-39-29(22)16-27-20(5)25(12-14-33(41)43-8)31(37-27)17-30-24(11-13-32(40)42-7)19(4)26(36-30)15-28-18(3)23(10-2)35(38-28)44-34/h9-10,15-17,37H,1-2,11-14H2,3-8H3. The quantitative estimate of drug-likeness (QED) is 0.319. The van der Waals surface area contributed by atoms with Gasteiger partial charge < -0.3 is 18.9 Å². The number of hydrogen-bond donors (Lipinski definition) is 1. The van der Waals surface area contributed by atoms with Crippen LogP contribution in [0.4, 0.5) is 0 Å². The normalized spacial score (nSPS) is 13.7. The number of rotatable bonds is 8. The minimum Gasteiger partial charge on any atom is -0.469 e. The maximum atomic E-state index is 12.1. The fourth-order valence-corrected chi connectivity index (χ4v) is 5.66. The summed E-state index contributed by atoms with van der Waals surface area (Å²) in [5.41, 5.74) is 11.6. The Labute approximate surface area is 256 Å². The van der Waals surface area contributed by atoms with Gasteiger partial charge in [-0.2, -0.15) is 0 Å². The van der Waals surface area contributed by atoms with Gasteiger partial charge in [-0.25, -0.2) is 15.0 Å². The largest absolute Gasteiger partial charge is 0.469 e. The zero-order valence-electron chi connectivity index (χ0n) is 26.0. The van der Waals surface area contributed by atoms with Gasteiger partial charge in [-0.15, -0.1) is 0 Å². The fourth-order valence-electron chi connectivity index (χ4n) is 5.66. The highest BCUT2D eigenvalue weighted by Crippen LogP contribution is 2.38. The summed E-state index contributed by atoms with van der Waals surface area (Å²) in [7, 11) is 2.77. The Kier molecular flexibility index (Phi) is 8.49. The predicted octanol–water partition coefficient (Wildman–Crippen LogP) is 7.23. The van der Waals surface area contributed by atoms with Gasteiger partial charge in [-0.05, 0) is 86.6 Å². The summed E-state index contributed by atoms with van der Waals surface area (Å²) in [5.74, 6) is 0.247. The number of aromatic nitrogens is 4. The van der Waals surface area contributed by atoms with E-state index in [0.29, 0.717) is 36.0 Å². The van der Waals surface area contributed by atoms with Gasteiger partial charge >= 0.3 is 11.9 Å². The van der Waals surface area contributed by atoms with Gasteiger partial charge in [0.15, 0.2) is 0 Å². The number of carbonyl (C=O) groups is 2. The molecule has 0 unspecified atom stereocenters. The average Bonchev–Trinajstić information content (AvgIpc) is 3.67. The van der Waals surface area contributed by atoms with E-state index >= 15 is 0 Å². The monoisotopic (exact) mass is 592 g/mol. The maximum Gasteiger partial charge on any atom is 0.305 e. The molecule has 0 atom stereocenters. The number of fused-ring (bicyclic) bond motifs is 8. The number of aryl methyl sites for hydroxylation is 2. The Hall–Kier alpha value is -5.05. The Morgan fingerprint density at radius 2 is 1.36 bits per heavy atom. The van der Waals surface area contributed by atoms with E-state index in [2.05, 4.69) is 18.1 Å². The van der Waals surface area contributed by atoms with Crippen molar-refractivity contribution in [3.8, 4) is 0 Å². The Balaban J connectivity index is 1.88. The number of hydrogen-bond acceptors (Lipinski definition) is 8. The molecule has 9 heteroatoms. The third-order valence-electron chi connectivity index (χ3n) is 8.35. The summed E-state index contributed by atoms with van der Waals surface area (Å²) in [6, 6.07) is 5.87. The maximum absolute atomic E-state index is 12.1. The highest BCUT2D eigenvalue weighted by atomic mass is 16.5. The smallest absolute Gasteiger partial charge is 0.305 e. The number of aromatic amines is 1. The van der Waals surface area contributed by atoms with E-state index in [-0.39, 0.29) is 24.8 Å². The second-order valence-electron chi connectivity index (χ2n) is 10.8. The third kappa shape index (κ3) is 5.53. The SMILES string of the molecule is C=CC1=C(C)c2nc1cc1[nH]c(cc3nc(cc4nc(o2)C(C=C)=C4C)C(C)=C3CCC(=O)OC)c(CCC(=O)OC)c1C. The zero-order valence-corrected chi connectivity index (χ0v) is 26.0. The second-order valence-corrected chi connectivity index (χ2v) is 10.8. The Morgan fingerprint density at radius 1 is 0.750 bits per heavy atom. The molecular weight excluding hydrogens is 556 g/mol. The van der Waals surface area contributed by atoms with Crippen LogP contribution in [-0.2, 0) is 25.5 Å². The highest BCUT2D eigenvalue weighted by Gasteiger charge is 2.24. The van der Waals surface area contributed by atoms with Crippen LogP contribution in [0.5, 0.6) is 0 Å². The molecular formula is C35H36N4O5. The molecule has 9 nitrogen and oxygen atoms in total. The molecule has 0 amide bonds. The molecule has 5 heterocycles. The number of nitrogens with one attached hydrogen (secondary N) is 1. The number of methoxy groups -OCH3 is 2. The first-order valence-electron chi connectivity index (χ1n) is 14.4. The second kappa shape index (κ2) is 12.3. The van der Waals surface area contributed by atoms with Crippen molar-refractivity contribution >= 4 is 56.4 Å². The van der Waals surface area contributed by atoms with Gasteiger partial charge in [0.25, 0.3) is 0 Å². The van der Waals surface area contributed by atoms with Gasteiger partial charge in [-0.3, -0.25) is 9.59 Å².